The van der Waals surface area contributed by atoms with Crippen molar-refractivity contribution in [1.82, 2.24) is 10.6 Å². The van der Waals surface area contributed by atoms with Gasteiger partial charge in [-0.05, 0) is 13.3 Å². The first kappa shape index (κ1) is 13.5. The van der Waals surface area contributed by atoms with Gasteiger partial charge in [0.25, 0.3) is 0 Å². The van der Waals surface area contributed by atoms with Crippen LogP contribution in [0, 0.1) is 5.92 Å². The number of esters is 1. The maximum absolute atomic E-state index is 11.6. The SMILES string of the molecule is CCOC(=O)CCNC(=O)C1CCC(=O)NC1. The van der Waals surface area contributed by atoms with Gasteiger partial charge in [0, 0.05) is 19.5 Å². The molecule has 6 nitrogen and oxygen atoms in total. The molecule has 1 saturated heterocycles. The van der Waals surface area contributed by atoms with E-state index in [0.29, 0.717) is 26.0 Å². The van der Waals surface area contributed by atoms with Crippen molar-refractivity contribution in [2.75, 3.05) is 19.7 Å². The quantitative estimate of drug-likeness (QED) is 0.641. The lowest BCUT2D eigenvalue weighted by Gasteiger charge is -2.21. The van der Waals surface area contributed by atoms with Gasteiger partial charge in [0.2, 0.25) is 11.8 Å². The molecule has 1 aliphatic heterocycles. The lowest BCUT2D eigenvalue weighted by Crippen LogP contribution is -2.43. The molecule has 0 radical (unpaired) electrons. The van der Waals surface area contributed by atoms with Crippen molar-refractivity contribution in [3.63, 3.8) is 0 Å². The summed E-state index contributed by atoms with van der Waals surface area (Å²) in [6.45, 7) is 2.74. The van der Waals surface area contributed by atoms with E-state index in [-0.39, 0.29) is 36.7 Å². The van der Waals surface area contributed by atoms with E-state index in [1.807, 2.05) is 0 Å². The van der Waals surface area contributed by atoms with Gasteiger partial charge < -0.3 is 15.4 Å². The molecular formula is C11H18N2O4. The van der Waals surface area contributed by atoms with Crippen LogP contribution in [0.5, 0.6) is 0 Å². The molecule has 0 bridgehead atoms. The fourth-order valence-electron chi connectivity index (χ4n) is 1.62. The summed E-state index contributed by atoms with van der Waals surface area (Å²) in [5, 5.41) is 5.31. The Hall–Kier alpha value is -1.59. The Morgan fingerprint density at radius 1 is 1.53 bits per heavy atom. The highest BCUT2D eigenvalue weighted by molar-refractivity contribution is 5.83. The summed E-state index contributed by atoms with van der Waals surface area (Å²) >= 11 is 0. The van der Waals surface area contributed by atoms with Crippen LogP contribution in [0.4, 0.5) is 0 Å². The highest BCUT2D eigenvalue weighted by atomic mass is 16.5. The summed E-state index contributed by atoms with van der Waals surface area (Å²) in [5.74, 6) is -0.630. The number of amides is 2. The minimum absolute atomic E-state index is 0.0134. The van der Waals surface area contributed by atoms with Crippen LogP contribution in [-0.4, -0.2) is 37.5 Å². The molecule has 1 unspecified atom stereocenters. The minimum atomic E-state index is -0.315. The molecule has 17 heavy (non-hydrogen) atoms. The monoisotopic (exact) mass is 242 g/mol. The summed E-state index contributed by atoms with van der Waals surface area (Å²) in [5.41, 5.74) is 0. The van der Waals surface area contributed by atoms with Crippen LogP contribution in [0.25, 0.3) is 0 Å². The molecule has 6 heteroatoms. The van der Waals surface area contributed by atoms with Crippen LogP contribution in [0.2, 0.25) is 0 Å². The standard InChI is InChI=1S/C11H18N2O4/c1-2-17-10(15)5-6-12-11(16)8-3-4-9(14)13-7-8/h8H,2-7H2,1H3,(H,12,16)(H,13,14). The molecule has 0 aromatic rings. The molecule has 0 aromatic heterocycles. The molecule has 1 atom stereocenters. The summed E-state index contributed by atoms with van der Waals surface area (Å²) in [6.07, 6.45) is 1.13. The fraction of sp³-hybridized carbons (Fsp3) is 0.727. The van der Waals surface area contributed by atoms with Gasteiger partial charge >= 0.3 is 5.97 Å². The Morgan fingerprint density at radius 2 is 2.29 bits per heavy atom. The van der Waals surface area contributed by atoms with Crippen LogP contribution in [0.3, 0.4) is 0 Å². The second-order valence-corrected chi connectivity index (χ2v) is 3.89. The molecule has 2 N–H and O–H groups in total. The van der Waals surface area contributed by atoms with E-state index in [0.717, 1.165) is 0 Å². The molecule has 96 valence electrons. The molecule has 1 rings (SSSR count). The van der Waals surface area contributed by atoms with Gasteiger partial charge in [-0.2, -0.15) is 0 Å². The molecule has 0 saturated carbocycles. The number of rotatable bonds is 5. The Labute approximate surface area is 100 Å². The van der Waals surface area contributed by atoms with E-state index in [2.05, 4.69) is 10.6 Å². The first-order valence-corrected chi connectivity index (χ1v) is 5.83. The van der Waals surface area contributed by atoms with E-state index < -0.39 is 0 Å². The van der Waals surface area contributed by atoms with Gasteiger partial charge in [0.1, 0.15) is 0 Å². The number of hydrogen-bond donors (Lipinski definition) is 2. The average molecular weight is 242 g/mol. The molecule has 0 aliphatic carbocycles. The first-order chi connectivity index (χ1) is 8.13. The van der Waals surface area contributed by atoms with E-state index in [1.165, 1.54) is 0 Å². The maximum atomic E-state index is 11.6. The minimum Gasteiger partial charge on any atom is -0.466 e. The molecular weight excluding hydrogens is 224 g/mol. The average Bonchev–Trinajstić information content (AvgIpc) is 2.30. The zero-order valence-electron chi connectivity index (χ0n) is 9.95. The van der Waals surface area contributed by atoms with E-state index in [1.54, 1.807) is 6.92 Å². The van der Waals surface area contributed by atoms with Gasteiger partial charge in [-0.1, -0.05) is 0 Å². The van der Waals surface area contributed by atoms with E-state index >= 15 is 0 Å². The summed E-state index contributed by atoms with van der Waals surface area (Å²) in [6, 6.07) is 0. The van der Waals surface area contributed by atoms with Crippen molar-refractivity contribution in [1.29, 1.82) is 0 Å². The van der Waals surface area contributed by atoms with Crippen molar-refractivity contribution in [2.45, 2.75) is 26.2 Å². The van der Waals surface area contributed by atoms with Crippen LogP contribution in [0.1, 0.15) is 26.2 Å². The molecule has 0 spiro atoms. The van der Waals surface area contributed by atoms with E-state index in [9.17, 15) is 14.4 Å². The largest absolute Gasteiger partial charge is 0.466 e. The summed E-state index contributed by atoms with van der Waals surface area (Å²) < 4.78 is 4.74. The Bertz CT molecular complexity index is 294. The van der Waals surface area contributed by atoms with E-state index in [4.69, 9.17) is 4.74 Å². The van der Waals surface area contributed by atoms with Crippen LogP contribution >= 0.6 is 0 Å². The van der Waals surface area contributed by atoms with Crippen molar-refractivity contribution in [2.24, 2.45) is 5.92 Å². The maximum Gasteiger partial charge on any atom is 0.307 e. The third-order valence-electron chi connectivity index (χ3n) is 2.57. The molecule has 1 heterocycles. The van der Waals surface area contributed by atoms with Crippen molar-refractivity contribution in [3.05, 3.63) is 0 Å². The number of nitrogens with one attached hydrogen (secondary N) is 2. The zero-order valence-corrected chi connectivity index (χ0v) is 9.95. The highest BCUT2D eigenvalue weighted by Gasteiger charge is 2.24. The lowest BCUT2D eigenvalue weighted by atomic mass is 9.98. The van der Waals surface area contributed by atoms with Gasteiger partial charge in [0.15, 0.2) is 0 Å². The molecule has 1 fully saturated rings. The topological polar surface area (TPSA) is 84.5 Å². The fourth-order valence-corrected chi connectivity index (χ4v) is 1.62. The van der Waals surface area contributed by atoms with Crippen LogP contribution < -0.4 is 10.6 Å². The predicted molar refractivity (Wildman–Crippen MR) is 60.0 cm³/mol. The summed E-state index contributed by atoms with van der Waals surface area (Å²) in [7, 11) is 0. The summed E-state index contributed by atoms with van der Waals surface area (Å²) in [4.78, 5) is 33.5. The Kier molecular flexibility index (Phi) is 5.45. The third kappa shape index (κ3) is 4.84. The first-order valence-electron chi connectivity index (χ1n) is 5.83. The van der Waals surface area contributed by atoms with Gasteiger partial charge in [-0.3, -0.25) is 14.4 Å². The number of carbonyl (C=O) groups is 3. The van der Waals surface area contributed by atoms with Gasteiger partial charge in [-0.25, -0.2) is 0 Å². The zero-order chi connectivity index (χ0) is 12.7. The molecule has 2 amide bonds. The number of piperidine rings is 1. The lowest BCUT2D eigenvalue weighted by molar-refractivity contribution is -0.143. The molecule has 0 aromatic carbocycles. The number of carbonyl (C=O) groups excluding carboxylic acids is 3. The van der Waals surface area contributed by atoms with Crippen molar-refractivity contribution >= 4 is 17.8 Å². The molecule has 1 aliphatic rings. The van der Waals surface area contributed by atoms with Crippen LogP contribution in [-0.2, 0) is 19.1 Å². The Balaban J connectivity index is 2.16. The van der Waals surface area contributed by atoms with Crippen molar-refractivity contribution < 1.29 is 19.1 Å². The van der Waals surface area contributed by atoms with Gasteiger partial charge in [-0.15, -0.1) is 0 Å². The number of ether oxygens (including phenoxy) is 1. The second-order valence-electron chi connectivity index (χ2n) is 3.89. The third-order valence-corrected chi connectivity index (χ3v) is 2.57. The van der Waals surface area contributed by atoms with Gasteiger partial charge in [0.05, 0.1) is 18.9 Å². The number of hydrogen-bond acceptors (Lipinski definition) is 4. The Morgan fingerprint density at radius 3 is 2.88 bits per heavy atom. The smallest absolute Gasteiger partial charge is 0.307 e. The predicted octanol–water partition coefficient (Wildman–Crippen LogP) is -0.418. The van der Waals surface area contributed by atoms with Crippen molar-refractivity contribution in [3.8, 4) is 0 Å². The highest BCUT2D eigenvalue weighted by Crippen LogP contribution is 2.10. The normalized spacial score (nSPS) is 19.4. The van der Waals surface area contributed by atoms with Crippen LogP contribution in [0.15, 0.2) is 0 Å². The second kappa shape index (κ2) is 6.88.